The predicted octanol–water partition coefficient (Wildman–Crippen LogP) is 2.61. The van der Waals surface area contributed by atoms with Crippen LogP contribution in [0.25, 0.3) is 0 Å². The maximum atomic E-state index is 12.6. The summed E-state index contributed by atoms with van der Waals surface area (Å²) in [5, 5.41) is 3.62. The first kappa shape index (κ1) is 13.6. The molecule has 0 radical (unpaired) electrons. The van der Waals surface area contributed by atoms with Crippen molar-refractivity contribution in [2.75, 3.05) is 13.1 Å². The molecule has 1 N–H and O–H groups in total. The van der Waals surface area contributed by atoms with Crippen molar-refractivity contribution >= 4 is 5.91 Å². The summed E-state index contributed by atoms with van der Waals surface area (Å²) in [6, 6.07) is 9.31. The second-order valence-electron chi connectivity index (χ2n) is 6.12. The van der Waals surface area contributed by atoms with E-state index in [0.29, 0.717) is 12.1 Å². The van der Waals surface area contributed by atoms with Gasteiger partial charge in [-0.1, -0.05) is 25.5 Å². The average Bonchev–Trinajstić information content (AvgIpc) is 2.79. The van der Waals surface area contributed by atoms with E-state index in [-0.39, 0.29) is 5.91 Å². The van der Waals surface area contributed by atoms with Crippen LogP contribution in [0, 0.1) is 0 Å². The fraction of sp³-hybridized carbons (Fsp3) is 0.588. The van der Waals surface area contributed by atoms with Gasteiger partial charge < -0.3 is 10.2 Å². The normalized spacial score (nSPS) is 25.6. The van der Waals surface area contributed by atoms with E-state index >= 15 is 0 Å². The number of likely N-dealkylation sites (tertiary alicyclic amines) is 1. The molecule has 3 heteroatoms. The van der Waals surface area contributed by atoms with Crippen LogP contribution in [0.3, 0.4) is 0 Å². The Hall–Kier alpha value is -1.35. The van der Waals surface area contributed by atoms with Crippen molar-refractivity contribution in [2.45, 2.75) is 51.1 Å². The number of hydrogen-bond donors (Lipinski definition) is 1. The molecule has 0 aliphatic carbocycles. The molecular weight excluding hydrogens is 248 g/mol. The quantitative estimate of drug-likeness (QED) is 0.917. The summed E-state index contributed by atoms with van der Waals surface area (Å²) in [6.07, 6.45) is 5.82. The van der Waals surface area contributed by atoms with Crippen LogP contribution >= 0.6 is 0 Å². The Balaban J connectivity index is 1.68. The number of carbonyl (C=O) groups is 1. The number of hydrogen-bond acceptors (Lipinski definition) is 2. The third-order valence-corrected chi connectivity index (χ3v) is 4.55. The Labute approximate surface area is 121 Å². The van der Waals surface area contributed by atoms with Gasteiger partial charge in [0.15, 0.2) is 0 Å². The van der Waals surface area contributed by atoms with E-state index in [1.807, 2.05) is 17.0 Å². The second kappa shape index (κ2) is 5.96. The fourth-order valence-electron chi connectivity index (χ4n) is 3.41. The van der Waals surface area contributed by atoms with Gasteiger partial charge in [-0.25, -0.2) is 0 Å². The third-order valence-electron chi connectivity index (χ3n) is 4.55. The lowest BCUT2D eigenvalue weighted by Crippen LogP contribution is -2.39. The smallest absolute Gasteiger partial charge is 0.253 e. The van der Waals surface area contributed by atoms with Crippen molar-refractivity contribution < 1.29 is 4.79 Å². The number of rotatable bonds is 3. The molecule has 2 unspecified atom stereocenters. The highest BCUT2D eigenvalue weighted by atomic mass is 16.2. The second-order valence-corrected chi connectivity index (χ2v) is 6.12. The van der Waals surface area contributed by atoms with Gasteiger partial charge in [-0.15, -0.1) is 0 Å². The van der Waals surface area contributed by atoms with E-state index < -0.39 is 0 Å². The van der Waals surface area contributed by atoms with Crippen molar-refractivity contribution in [3.8, 4) is 0 Å². The zero-order valence-corrected chi connectivity index (χ0v) is 12.3. The highest BCUT2D eigenvalue weighted by molar-refractivity contribution is 5.94. The highest BCUT2D eigenvalue weighted by Crippen LogP contribution is 2.21. The van der Waals surface area contributed by atoms with Gasteiger partial charge in [0.25, 0.3) is 5.91 Å². The van der Waals surface area contributed by atoms with Crippen molar-refractivity contribution in [3.05, 3.63) is 35.4 Å². The summed E-state index contributed by atoms with van der Waals surface area (Å²) < 4.78 is 0. The van der Waals surface area contributed by atoms with E-state index in [1.54, 1.807) is 0 Å². The predicted molar refractivity (Wildman–Crippen MR) is 80.9 cm³/mol. The molecule has 2 bridgehead atoms. The molecule has 3 rings (SSSR count). The number of amides is 1. The number of nitrogens with zero attached hydrogens (tertiary/aromatic N) is 1. The van der Waals surface area contributed by atoms with Crippen LogP contribution in [0.1, 0.15) is 48.5 Å². The Morgan fingerprint density at radius 1 is 1.20 bits per heavy atom. The van der Waals surface area contributed by atoms with E-state index in [9.17, 15) is 4.79 Å². The number of fused-ring (bicyclic) bond motifs is 2. The molecule has 108 valence electrons. The molecule has 2 atom stereocenters. The Morgan fingerprint density at radius 2 is 1.95 bits per heavy atom. The van der Waals surface area contributed by atoms with Crippen molar-refractivity contribution in [2.24, 2.45) is 0 Å². The largest absolute Gasteiger partial charge is 0.337 e. The molecule has 2 aliphatic rings. The summed E-state index contributed by atoms with van der Waals surface area (Å²) in [5.74, 6) is 0.197. The maximum Gasteiger partial charge on any atom is 0.253 e. The van der Waals surface area contributed by atoms with Gasteiger partial charge >= 0.3 is 0 Å². The van der Waals surface area contributed by atoms with Crippen molar-refractivity contribution in [3.63, 3.8) is 0 Å². The lowest BCUT2D eigenvalue weighted by atomic mass is 10.1. The van der Waals surface area contributed by atoms with E-state index in [4.69, 9.17) is 0 Å². The number of aryl methyl sites for hydroxylation is 1. The van der Waals surface area contributed by atoms with Crippen LogP contribution in [0.5, 0.6) is 0 Å². The van der Waals surface area contributed by atoms with Crippen LogP contribution in [-0.4, -0.2) is 36.0 Å². The van der Waals surface area contributed by atoms with Gasteiger partial charge in [0, 0.05) is 30.7 Å². The lowest BCUT2D eigenvalue weighted by molar-refractivity contribution is 0.0748. The van der Waals surface area contributed by atoms with E-state index in [1.165, 1.54) is 18.4 Å². The minimum absolute atomic E-state index is 0.197. The van der Waals surface area contributed by atoms with Crippen LogP contribution in [0.4, 0.5) is 0 Å². The van der Waals surface area contributed by atoms with Crippen LogP contribution in [-0.2, 0) is 6.42 Å². The Kier molecular flexibility index (Phi) is 4.06. The van der Waals surface area contributed by atoms with Gasteiger partial charge in [0.05, 0.1) is 0 Å². The molecule has 2 aliphatic heterocycles. The minimum atomic E-state index is 0.197. The van der Waals surface area contributed by atoms with Gasteiger partial charge in [0.2, 0.25) is 0 Å². The van der Waals surface area contributed by atoms with E-state index in [2.05, 4.69) is 24.4 Å². The lowest BCUT2D eigenvalue weighted by Gasteiger charge is -2.24. The average molecular weight is 272 g/mol. The fourth-order valence-corrected chi connectivity index (χ4v) is 3.41. The molecule has 2 fully saturated rings. The first-order chi connectivity index (χ1) is 9.76. The van der Waals surface area contributed by atoms with Gasteiger partial charge in [-0.2, -0.15) is 0 Å². The minimum Gasteiger partial charge on any atom is -0.337 e. The molecule has 3 nitrogen and oxygen atoms in total. The molecule has 1 aromatic carbocycles. The summed E-state index contributed by atoms with van der Waals surface area (Å²) in [6.45, 7) is 3.94. The summed E-state index contributed by atoms with van der Waals surface area (Å²) in [4.78, 5) is 14.6. The van der Waals surface area contributed by atoms with Crippen molar-refractivity contribution in [1.29, 1.82) is 0 Å². The molecule has 2 heterocycles. The number of benzene rings is 1. The molecule has 2 saturated heterocycles. The first-order valence-electron chi connectivity index (χ1n) is 7.90. The summed E-state index contributed by atoms with van der Waals surface area (Å²) in [5.41, 5.74) is 2.16. The van der Waals surface area contributed by atoms with Gasteiger partial charge in [-0.05, 0) is 43.4 Å². The molecule has 1 amide bonds. The number of nitrogens with one attached hydrogen (secondary N) is 1. The molecule has 20 heavy (non-hydrogen) atoms. The zero-order chi connectivity index (χ0) is 13.9. The Bertz CT molecular complexity index is 468. The molecule has 0 saturated carbocycles. The monoisotopic (exact) mass is 272 g/mol. The van der Waals surface area contributed by atoms with Crippen LogP contribution in [0.15, 0.2) is 24.3 Å². The maximum absolute atomic E-state index is 12.6. The molecule has 0 aromatic heterocycles. The molecule has 1 aromatic rings. The third kappa shape index (κ3) is 2.88. The first-order valence-corrected chi connectivity index (χ1v) is 7.90. The SMILES string of the molecule is CCCc1ccc(C(=O)N2CCC3CCC(C2)N3)cc1. The Morgan fingerprint density at radius 3 is 2.70 bits per heavy atom. The molecule has 0 spiro atoms. The van der Waals surface area contributed by atoms with Crippen LogP contribution in [0.2, 0.25) is 0 Å². The van der Waals surface area contributed by atoms with Gasteiger partial charge in [-0.3, -0.25) is 4.79 Å². The highest BCUT2D eigenvalue weighted by Gasteiger charge is 2.31. The van der Waals surface area contributed by atoms with Crippen molar-refractivity contribution in [1.82, 2.24) is 10.2 Å². The number of carbonyl (C=O) groups excluding carboxylic acids is 1. The molecular formula is C17H24N2O. The van der Waals surface area contributed by atoms with Crippen LogP contribution < -0.4 is 5.32 Å². The zero-order valence-electron chi connectivity index (χ0n) is 12.3. The summed E-state index contributed by atoms with van der Waals surface area (Å²) >= 11 is 0. The van der Waals surface area contributed by atoms with E-state index in [0.717, 1.165) is 37.9 Å². The van der Waals surface area contributed by atoms with Gasteiger partial charge in [0.1, 0.15) is 0 Å². The topological polar surface area (TPSA) is 32.3 Å². The summed E-state index contributed by atoms with van der Waals surface area (Å²) in [7, 11) is 0. The standard InChI is InChI=1S/C17H24N2O/c1-2-3-13-4-6-14(7-5-13)17(20)19-11-10-15-8-9-16(12-19)18-15/h4-7,15-16,18H,2-3,8-12H2,1H3.